The molecule has 120 valence electrons. The lowest BCUT2D eigenvalue weighted by atomic mass is 10.0. The minimum atomic E-state index is -0.281. The number of halogens is 1. The van der Waals surface area contributed by atoms with Crippen LogP contribution in [0, 0.1) is 0 Å². The monoisotopic (exact) mass is 393 g/mol. The minimum absolute atomic E-state index is 0.0343. The van der Waals surface area contributed by atoms with E-state index in [-0.39, 0.29) is 24.3 Å². The third-order valence-corrected chi connectivity index (χ3v) is 5.70. The average Bonchev–Trinajstić information content (AvgIpc) is 3.05. The Morgan fingerprint density at radius 1 is 1.35 bits per heavy atom. The van der Waals surface area contributed by atoms with E-state index in [2.05, 4.69) is 15.9 Å². The summed E-state index contributed by atoms with van der Waals surface area (Å²) in [6.07, 6.45) is 0.179. The lowest BCUT2D eigenvalue weighted by molar-refractivity contribution is -0.144. The number of carbonyl (C=O) groups is 2. The van der Waals surface area contributed by atoms with Crippen molar-refractivity contribution < 1.29 is 14.3 Å². The van der Waals surface area contributed by atoms with Crippen molar-refractivity contribution in [3.63, 3.8) is 0 Å². The first-order chi connectivity index (χ1) is 11.1. The standard InChI is InChI=1S/C17H16BrNO3S/c1-2-22-15(20)9-14-12-5-3-4-6-13(12)17(21)19(14)10-11-7-8-23-16(11)18/h3-8,14H,2,9-10H2,1H3. The fourth-order valence-corrected chi connectivity index (χ4v) is 4.06. The van der Waals surface area contributed by atoms with Gasteiger partial charge in [-0.15, -0.1) is 11.3 Å². The number of hydrogen-bond donors (Lipinski definition) is 0. The Bertz CT molecular complexity index is 743. The van der Waals surface area contributed by atoms with Crippen LogP contribution < -0.4 is 0 Å². The molecule has 1 aromatic carbocycles. The Labute approximate surface area is 147 Å². The van der Waals surface area contributed by atoms with Crippen molar-refractivity contribution in [3.8, 4) is 0 Å². The van der Waals surface area contributed by atoms with Gasteiger partial charge in [-0.1, -0.05) is 18.2 Å². The highest BCUT2D eigenvalue weighted by molar-refractivity contribution is 9.11. The van der Waals surface area contributed by atoms with Crippen molar-refractivity contribution in [1.29, 1.82) is 0 Å². The molecule has 0 N–H and O–H groups in total. The predicted molar refractivity (Wildman–Crippen MR) is 92.3 cm³/mol. The van der Waals surface area contributed by atoms with Gasteiger partial charge in [0.2, 0.25) is 0 Å². The van der Waals surface area contributed by atoms with E-state index in [4.69, 9.17) is 4.74 Å². The first-order valence-corrected chi connectivity index (χ1v) is 9.06. The first-order valence-electron chi connectivity index (χ1n) is 7.39. The number of fused-ring (bicyclic) bond motifs is 1. The Kier molecular flexibility index (Phi) is 4.82. The van der Waals surface area contributed by atoms with Gasteiger partial charge in [-0.3, -0.25) is 9.59 Å². The minimum Gasteiger partial charge on any atom is -0.466 e. The number of rotatable bonds is 5. The lowest BCUT2D eigenvalue weighted by Crippen LogP contribution is -2.29. The maximum absolute atomic E-state index is 12.7. The molecule has 4 nitrogen and oxygen atoms in total. The third kappa shape index (κ3) is 3.19. The quantitative estimate of drug-likeness (QED) is 0.716. The van der Waals surface area contributed by atoms with Crippen molar-refractivity contribution >= 4 is 39.1 Å². The van der Waals surface area contributed by atoms with Crippen LogP contribution in [0.4, 0.5) is 0 Å². The number of hydrogen-bond acceptors (Lipinski definition) is 4. The van der Waals surface area contributed by atoms with Crippen molar-refractivity contribution in [2.75, 3.05) is 6.61 Å². The SMILES string of the molecule is CCOC(=O)CC1c2ccccc2C(=O)N1Cc1ccsc1Br. The van der Waals surface area contributed by atoms with Gasteiger partial charge in [0.05, 0.1) is 22.9 Å². The Morgan fingerprint density at radius 3 is 2.83 bits per heavy atom. The topological polar surface area (TPSA) is 46.6 Å². The number of carbonyl (C=O) groups excluding carboxylic acids is 2. The summed E-state index contributed by atoms with van der Waals surface area (Å²) in [6, 6.07) is 9.20. The summed E-state index contributed by atoms with van der Waals surface area (Å²) < 4.78 is 6.09. The van der Waals surface area contributed by atoms with Gasteiger partial charge in [0.1, 0.15) is 0 Å². The number of benzene rings is 1. The number of nitrogens with zero attached hydrogens (tertiary/aromatic N) is 1. The molecule has 1 aliphatic heterocycles. The van der Waals surface area contributed by atoms with Crippen LogP contribution in [0.25, 0.3) is 0 Å². The molecule has 6 heteroatoms. The summed E-state index contributed by atoms with van der Waals surface area (Å²) in [6.45, 7) is 2.60. The van der Waals surface area contributed by atoms with Crippen molar-refractivity contribution in [1.82, 2.24) is 4.90 Å². The Balaban J connectivity index is 1.91. The van der Waals surface area contributed by atoms with E-state index in [1.165, 1.54) is 0 Å². The molecule has 2 heterocycles. The predicted octanol–water partition coefficient (Wildman–Crippen LogP) is 4.16. The van der Waals surface area contributed by atoms with E-state index in [9.17, 15) is 9.59 Å². The largest absolute Gasteiger partial charge is 0.466 e. The normalized spacial score (nSPS) is 16.5. The fraction of sp³-hybridized carbons (Fsp3) is 0.294. The van der Waals surface area contributed by atoms with Gasteiger partial charge in [0.15, 0.2) is 0 Å². The number of thiophene rings is 1. The molecule has 0 fully saturated rings. The first kappa shape index (κ1) is 16.2. The van der Waals surface area contributed by atoms with E-state index >= 15 is 0 Å². The van der Waals surface area contributed by atoms with Crippen molar-refractivity contribution in [3.05, 3.63) is 56.2 Å². The van der Waals surface area contributed by atoms with E-state index in [1.807, 2.05) is 35.7 Å². The molecule has 1 amide bonds. The third-order valence-electron chi connectivity index (χ3n) is 3.89. The molecule has 1 atom stereocenters. The second-order valence-electron chi connectivity index (χ2n) is 5.26. The summed E-state index contributed by atoms with van der Waals surface area (Å²) in [7, 11) is 0. The summed E-state index contributed by atoms with van der Waals surface area (Å²) in [4.78, 5) is 26.5. The molecule has 23 heavy (non-hydrogen) atoms. The summed E-state index contributed by atoms with van der Waals surface area (Å²) in [5.74, 6) is -0.315. The maximum atomic E-state index is 12.7. The van der Waals surface area contributed by atoms with Crippen LogP contribution in [0.5, 0.6) is 0 Å². The molecule has 1 aromatic heterocycles. The molecular weight excluding hydrogens is 378 g/mol. The second kappa shape index (κ2) is 6.84. The molecule has 2 aromatic rings. The van der Waals surface area contributed by atoms with Crippen LogP contribution in [-0.4, -0.2) is 23.4 Å². The second-order valence-corrected chi connectivity index (χ2v) is 7.50. The molecule has 0 aliphatic carbocycles. The highest BCUT2D eigenvalue weighted by atomic mass is 79.9. The molecule has 0 bridgehead atoms. The molecule has 0 saturated heterocycles. The zero-order valence-corrected chi connectivity index (χ0v) is 15.0. The van der Waals surface area contributed by atoms with Crippen molar-refractivity contribution in [2.24, 2.45) is 0 Å². The molecule has 1 unspecified atom stereocenters. The molecular formula is C17H16BrNO3S. The van der Waals surface area contributed by atoms with Crippen LogP contribution in [-0.2, 0) is 16.1 Å². The molecule has 0 radical (unpaired) electrons. The molecule has 0 saturated carbocycles. The van der Waals surface area contributed by atoms with Crippen LogP contribution in [0.2, 0.25) is 0 Å². The highest BCUT2D eigenvalue weighted by Gasteiger charge is 2.38. The van der Waals surface area contributed by atoms with Gasteiger partial charge in [-0.2, -0.15) is 0 Å². The van der Waals surface area contributed by atoms with Crippen molar-refractivity contribution in [2.45, 2.75) is 25.9 Å². The molecule has 3 rings (SSSR count). The Morgan fingerprint density at radius 2 is 2.13 bits per heavy atom. The Hall–Kier alpha value is -1.66. The lowest BCUT2D eigenvalue weighted by Gasteiger charge is -2.24. The van der Waals surface area contributed by atoms with Gasteiger partial charge in [-0.25, -0.2) is 0 Å². The zero-order chi connectivity index (χ0) is 16.4. The van der Waals surface area contributed by atoms with E-state index in [0.717, 1.165) is 14.9 Å². The van der Waals surface area contributed by atoms with E-state index in [0.29, 0.717) is 18.7 Å². The van der Waals surface area contributed by atoms with Gasteiger partial charge in [0, 0.05) is 12.1 Å². The zero-order valence-electron chi connectivity index (χ0n) is 12.6. The fourth-order valence-electron chi connectivity index (χ4n) is 2.84. The van der Waals surface area contributed by atoms with Crippen LogP contribution in [0.3, 0.4) is 0 Å². The number of ether oxygens (including phenoxy) is 1. The average molecular weight is 394 g/mol. The van der Waals surface area contributed by atoms with Gasteiger partial charge in [-0.05, 0) is 51.5 Å². The smallest absolute Gasteiger partial charge is 0.308 e. The van der Waals surface area contributed by atoms with Crippen LogP contribution >= 0.6 is 27.3 Å². The van der Waals surface area contributed by atoms with Crippen LogP contribution in [0.1, 0.15) is 40.9 Å². The van der Waals surface area contributed by atoms with Gasteiger partial charge >= 0.3 is 5.97 Å². The van der Waals surface area contributed by atoms with Gasteiger partial charge in [0.25, 0.3) is 5.91 Å². The van der Waals surface area contributed by atoms with Crippen LogP contribution in [0.15, 0.2) is 39.5 Å². The summed E-state index contributed by atoms with van der Waals surface area (Å²) >= 11 is 5.10. The summed E-state index contributed by atoms with van der Waals surface area (Å²) in [5, 5.41) is 1.98. The van der Waals surface area contributed by atoms with E-state index in [1.54, 1.807) is 23.2 Å². The van der Waals surface area contributed by atoms with Gasteiger partial charge < -0.3 is 9.64 Å². The number of amides is 1. The molecule has 0 spiro atoms. The maximum Gasteiger partial charge on any atom is 0.308 e. The highest BCUT2D eigenvalue weighted by Crippen LogP contribution is 2.38. The number of esters is 1. The summed E-state index contributed by atoms with van der Waals surface area (Å²) in [5.41, 5.74) is 2.62. The molecule has 1 aliphatic rings. The van der Waals surface area contributed by atoms with E-state index < -0.39 is 0 Å².